The highest BCUT2D eigenvalue weighted by atomic mass is 19.4. The molecule has 3 aromatic rings. The zero-order valence-electron chi connectivity index (χ0n) is 19.0. The molecule has 7 nitrogen and oxygen atoms in total. The van der Waals surface area contributed by atoms with Crippen molar-refractivity contribution in [1.82, 2.24) is 5.32 Å². The third kappa shape index (κ3) is 5.65. The molecule has 0 spiro atoms. The van der Waals surface area contributed by atoms with Gasteiger partial charge in [0.15, 0.2) is 0 Å². The van der Waals surface area contributed by atoms with E-state index >= 15 is 0 Å². The second kappa shape index (κ2) is 10.1. The number of primary amides is 1. The molecule has 36 heavy (non-hydrogen) atoms. The number of nitrogens with zero attached hydrogens (tertiary/aromatic N) is 1. The number of amides is 4. The Morgan fingerprint density at radius 2 is 1.47 bits per heavy atom. The van der Waals surface area contributed by atoms with Gasteiger partial charge in [-0.1, -0.05) is 24.3 Å². The predicted molar refractivity (Wildman–Crippen MR) is 129 cm³/mol. The molecule has 4 N–H and O–H groups in total. The van der Waals surface area contributed by atoms with Crippen molar-refractivity contribution in [2.45, 2.75) is 25.1 Å². The topological polar surface area (TPSA) is 105 Å². The summed E-state index contributed by atoms with van der Waals surface area (Å²) in [4.78, 5) is 38.3. The van der Waals surface area contributed by atoms with Crippen LogP contribution in [-0.2, 0) is 11.0 Å². The van der Waals surface area contributed by atoms with Crippen molar-refractivity contribution in [3.05, 3.63) is 83.9 Å². The number of hydrogen-bond donors (Lipinski definition) is 3. The van der Waals surface area contributed by atoms with Gasteiger partial charge in [-0.25, -0.2) is 4.79 Å². The first-order valence-electron chi connectivity index (χ1n) is 11.2. The van der Waals surface area contributed by atoms with E-state index in [0.717, 1.165) is 35.4 Å². The van der Waals surface area contributed by atoms with Gasteiger partial charge in [-0.05, 0) is 72.5 Å². The van der Waals surface area contributed by atoms with Gasteiger partial charge in [0, 0.05) is 23.5 Å². The Labute approximate surface area is 205 Å². The highest BCUT2D eigenvalue weighted by Gasteiger charge is 2.32. The number of alkyl halides is 3. The van der Waals surface area contributed by atoms with Crippen LogP contribution in [0.5, 0.6) is 0 Å². The Bertz CT molecular complexity index is 1260. The average Bonchev–Trinajstić information content (AvgIpc) is 2.85. The molecule has 1 aliphatic rings. The number of anilines is 2. The number of piperidine rings is 1. The van der Waals surface area contributed by atoms with Crippen LogP contribution in [0.4, 0.5) is 29.3 Å². The summed E-state index contributed by atoms with van der Waals surface area (Å²) < 4.78 is 38.1. The second-order valence-electron chi connectivity index (χ2n) is 8.35. The van der Waals surface area contributed by atoms with Crippen molar-refractivity contribution in [2.24, 2.45) is 5.73 Å². The van der Waals surface area contributed by atoms with Gasteiger partial charge in [-0.15, -0.1) is 0 Å². The predicted octanol–water partition coefficient (Wildman–Crippen LogP) is 4.79. The van der Waals surface area contributed by atoms with Crippen LogP contribution in [0.25, 0.3) is 11.1 Å². The van der Waals surface area contributed by atoms with E-state index in [9.17, 15) is 27.6 Å². The van der Waals surface area contributed by atoms with Gasteiger partial charge in [0.05, 0.1) is 5.56 Å². The fraction of sp³-hybridized carbons (Fsp3) is 0.192. The maximum Gasteiger partial charge on any atom is 0.416 e. The fourth-order valence-electron chi connectivity index (χ4n) is 3.99. The average molecular weight is 496 g/mol. The van der Waals surface area contributed by atoms with Crippen LogP contribution in [-0.4, -0.2) is 30.4 Å². The lowest BCUT2D eigenvalue weighted by Gasteiger charge is -2.32. The Morgan fingerprint density at radius 1 is 0.889 bits per heavy atom. The number of nitrogens with one attached hydrogen (secondary N) is 2. The Morgan fingerprint density at radius 3 is 2.03 bits per heavy atom. The minimum absolute atomic E-state index is 0.181. The van der Waals surface area contributed by atoms with Crippen LogP contribution < -0.4 is 21.3 Å². The summed E-state index contributed by atoms with van der Waals surface area (Å²) in [6.45, 7) is 0.490. The summed E-state index contributed by atoms with van der Waals surface area (Å²) in [6, 6.07) is 16.8. The summed E-state index contributed by atoms with van der Waals surface area (Å²) in [5, 5.41) is 5.07. The molecule has 0 aliphatic carbocycles. The van der Waals surface area contributed by atoms with Crippen LogP contribution in [0.1, 0.15) is 28.8 Å². The number of carbonyl (C=O) groups is 3. The largest absolute Gasteiger partial charge is 0.416 e. The lowest BCUT2D eigenvalue weighted by atomic mass is 10.0. The molecule has 4 rings (SSSR count). The van der Waals surface area contributed by atoms with E-state index < -0.39 is 29.7 Å². The molecule has 4 amide bonds. The molecule has 0 aromatic heterocycles. The molecule has 0 bridgehead atoms. The first kappa shape index (κ1) is 24.8. The number of nitrogens with two attached hydrogens (primary N) is 1. The number of benzene rings is 3. The van der Waals surface area contributed by atoms with Crippen molar-refractivity contribution >= 4 is 29.2 Å². The minimum Gasteiger partial charge on any atom is -0.366 e. The van der Waals surface area contributed by atoms with E-state index in [1.54, 1.807) is 41.3 Å². The summed E-state index contributed by atoms with van der Waals surface area (Å²) in [7, 11) is 0. The summed E-state index contributed by atoms with van der Waals surface area (Å²) in [5.74, 6) is -0.779. The van der Waals surface area contributed by atoms with Crippen molar-refractivity contribution in [1.29, 1.82) is 0 Å². The molecule has 1 saturated heterocycles. The highest BCUT2D eigenvalue weighted by molar-refractivity contribution is 6.01. The standard InChI is InChI=1S/C26H23F3N4O3/c27-26(28,29)19-9-11-20(12-10-19)31-25(36)32-22-2-1-15-33(24(22)35)21-13-7-17(8-14-21)16-3-5-18(6-4-16)23(30)34/h3-14,22H,1-2,15H2,(H2,30,34)(H2,31,32,36). The Balaban J connectivity index is 1.38. The minimum atomic E-state index is -4.47. The second-order valence-corrected chi connectivity index (χ2v) is 8.35. The summed E-state index contributed by atoms with van der Waals surface area (Å²) in [5.41, 5.74) is 7.50. The van der Waals surface area contributed by atoms with Crippen molar-refractivity contribution in [3.8, 4) is 11.1 Å². The molecule has 3 aromatic carbocycles. The zero-order valence-corrected chi connectivity index (χ0v) is 19.0. The lowest BCUT2D eigenvalue weighted by Crippen LogP contribution is -2.53. The number of carbonyl (C=O) groups excluding carboxylic acids is 3. The lowest BCUT2D eigenvalue weighted by molar-refractivity contribution is -0.137. The maximum atomic E-state index is 13.0. The van der Waals surface area contributed by atoms with Gasteiger partial charge in [0.25, 0.3) is 0 Å². The molecule has 1 fully saturated rings. The van der Waals surface area contributed by atoms with Gasteiger partial charge in [-0.3, -0.25) is 9.59 Å². The molecule has 186 valence electrons. The van der Waals surface area contributed by atoms with Crippen LogP contribution in [0.15, 0.2) is 72.8 Å². The van der Waals surface area contributed by atoms with Gasteiger partial charge >= 0.3 is 12.2 Å². The molecule has 1 heterocycles. The van der Waals surface area contributed by atoms with Gasteiger partial charge in [0.2, 0.25) is 11.8 Å². The third-order valence-electron chi connectivity index (χ3n) is 5.90. The van der Waals surface area contributed by atoms with Gasteiger partial charge in [0.1, 0.15) is 6.04 Å². The number of hydrogen-bond acceptors (Lipinski definition) is 3. The van der Waals surface area contributed by atoms with Crippen molar-refractivity contribution < 1.29 is 27.6 Å². The van der Waals surface area contributed by atoms with Gasteiger partial charge in [-0.2, -0.15) is 13.2 Å². The van der Waals surface area contributed by atoms with Crippen LogP contribution in [0.2, 0.25) is 0 Å². The Kier molecular flexibility index (Phi) is 6.96. The third-order valence-corrected chi connectivity index (χ3v) is 5.90. The van der Waals surface area contributed by atoms with Crippen molar-refractivity contribution in [3.63, 3.8) is 0 Å². The van der Waals surface area contributed by atoms with Crippen molar-refractivity contribution in [2.75, 3.05) is 16.8 Å². The van der Waals surface area contributed by atoms with Crippen LogP contribution >= 0.6 is 0 Å². The molecule has 1 unspecified atom stereocenters. The number of halogens is 3. The normalized spacial score (nSPS) is 15.9. The monoisotopic (exact) mass is 496 g/mol. The SMILES string of the molecule is NC(=O)c1ccc(-c2ccc(N3CCCC(NC(=O)Nc4ccc(C(F)(F)F)cc4)C3=O)cc2)cc1. The quantitative estimate of drug-likeness (QED) is 0.473. The van der Waals surface area contributed by atoms with Crippen LogP contribution in [0, 0.1) is 0 Å². The molecular weight excluding hydrogens is 473 g/mol. The molecule has 0 saturated carbocycles. The zero-order chi connectivity index (χ0) is 25.9. The maximum absolute atomic E-state index is 13.0. The van der Waals surface area contributed by atoms with E-state index in [1.807, 2.05) is 12.1 Å². The highest BCUT2D eigenvalue weighted by Crippen LogP contribution is 2.30. The number of urea groups is 1. The molecule has 1 atom stereocenters. The van der Waals surface area contributed by atoms with Gasteiger partial charge < -0.3 is 21.3 Å². The Hall–Kier alpha value is -4.34. The first-order chi connectivity index (χ1) is 17.1. The molecule has 0 radical (unpaired) electrons. The van der Waals surface area contributed by atoms with E-state index in [0.29, 0.717) is 30.6 Å². The molecular formula is C26H23F3N4O3. The van der Waals surface area contributed by atoms with Crippen LogP contribution in [0.3, 0.4) is 0 Å². The molecule has 10 heteroatoms. The molecule has 1 aliphatic heterocycles. The smallest absolute Gasteiger partial charge is 0.366 e. The fourth-order valence-corrected chi connectivity index (χ4v) is 3.99. The van der Waals surface area contributed by atoms with E-state index in [1.165, 1.54) is 0 Å². The first-order valence-corrected chi connectivity index (χ1v) is 11.2. The number of rotatable bonds is 5. The van der Waals surface area contributed by atoms with E-state index in [-0.39, 0.29) is 11.6 Å². The summed E-state index contributed by atoms with van der Waals surface area (Å²) >= 11 is 0. The van der Waals surface area contributed by atoms with E-state index in [4.69, 9.17) is 5.73 Å². The summed E-state index contributed by atoms with van der Waals surface area (Å²) in [6.07, 6.45) is -3.36. The van der Waals surface area contributed by atoms with E-state index in [2.05, 4.69) is 10.6 Å².